The molecular weight excluding hydrogens is 468 g/mol. The van der Waals surface area contributed by atoms with Crippen LogP contribution in [-0.4, -0.2) is 36.9 Å². The molecule has 0 fully saturated rings. The van der Waals surface area contributed by atoms with Crippen molar-refractivity contribution in [3.8, 4) is 22.6 Å². The molecule has 182 valence electrons. The first kappa shape index (κ1) is 25.8. The normalized spacial score (nSPS) is 11.7. The molecule has 0 saturated carbocycles. The maximum Gasteiger partial charge on any atom is 0.344 e. The standard InChI is InChI=1S/C28H27ClO6/c1-3-34-27(30)17-8-20-7-15-24(26(18-20)33-2)35-25(28(31)32)16-6-19-4-9-21(10-5-19)22-11-13-23(29)14-12-22/h4-5,7-15,17-18,25H,3,6,16H2,1-2H3,(H,31,32). The molecule has 1 unspecified atom stereocenters. The summed E-state index contributed by atoms with van der Waals surface area (Å²) in [6, 6.07) is 20.6. The minimum atomic E-state index is -1.06. The number of halogens is 1. The van der Waals surface area contributed by atoms with Gasteiger partial charge in [0.15, 0.2) is 17.6 Å². The van der Waals surface area contributed by atoms with Crippen LogP contribution in [0, 0.1) is 0 Å². The van der Waals surface area contributed by atoms with Gasteiger partial charge in [0.1, 0.15) is 0 Å². The summed E-state index contributed by atoms with van der Waals surface area (Å²) in [6.07, 6.45) is 2.66. The van der Waals surface area contributed by atoms with Crippen molar-refractivity contribution >= 4 is 29.6 Å². The van der Waals surface area contributed by atoms with Crippen LogP contribution in [-0.2, 0) is 20.7 Å². The van der Waals surface area contributed by atoms with Crippen LogP contribution in [0.1, 0.15) is 24.5 Å². The summed E-state index contributed by atoms with van der Waals surface area (Å²) in [4.78, 5) is 23.4. The van der Waals surface area contributed by atoms with Crippen molar-refractivity contribution in [3.05, 3.63) is 89.0 Å². The summed E-state index contributed by atoms with van der Waals surface area (Å²) in [5.41, 5.74) is 3.80. The summed E-state index contributed by atoms with van der Waals surface area (Å²) in [5.74, 6) is -0.823. The van der Waals surface area contributed by atoms with Crippen molar-refractivity contribution in [2.75, 3.05) is 13.7 Å². The fourth-order valence-electron chi connectivity index (χ4n) is 3.43. The molecular formula is C28H27ClO6. The van der Waals surface area contributed by atoms with E-state index in [-0.39, 0.29) is 6.42 Å². The number of carboxylic acids is 1. The zero-order valence-corrected chi connectivity index (χ0v) is 20.3. The second kappa shape index (κ2) is 12.6. The molecule has 0 heterocycles. The Bertz CT molecular complexity index is 1170. The maximum atomic E-state index is 11.9. The number of esters is 1. The van der Waals surface area contributed by atoms with Crippen molar-refractivity contribution in [1.29, 1.82) is 0 Å². The van der Waals surface area contributed by atoms with Crippen molar-refractivity contribution in [2.45, 2.75) is 25.9 Å². The lowest BCUT2D eigenvalue weighted by Gasteiger charge is -2.17. The Labute approximate surface area is 209 Å². The second-order valence-electron chi connectivity index (χ2n) is 7.68. The molecule has 0 spiro atoms. The minimum Gasteiger partial charge on any atom is -0.493 e. The highest BCUT2D eigenvalue weighted by atomic mass is 35.5. The lowest BCUT2D eigenvalue weighted by atomic mass is 10.0. The van der Waals surface area contributed by atoms with Gasteiger partial charge in [0.05, 0.1) is 13.7 Å². The number of aliphatic carboxylic acids is 1. The van der Waals surface area contributed by atoms with E-state index in [1.165, 1.54) is 13.2 Å². The van der Waals surface area contributed by atoms with Gasteiger partial charge in [0.2, 0.25) is 0 Å². The molecule has 0 aliphatic carbocycles. The molecule has 0 aliphatic rings. The number of carbonyl (C=O) groups excluding carboxylic acids is 1. The Kier molecular flexibility index (Phi) is 9.32. The number of ether oxygens (including phenoxy) is 3. The predicted octanol–water partition coefficient (Wildman–Crippen LogP) is 6.06. The van der Waals surface area contributed by atoms with E-state index in [9.17, 15) is 14.7 Å². The summed E-state index contributed by atoms with van der Waals surface area (Å²) in [6.45, 7) is 2.03. The monoisotopic (exact) mass is 494 g/mol. The first-order valence-electron chi connectivity index (χ1n) is 11.2. The molecule has 3 aromatic rings. The number of carbonyl (C=O) groups is 2. The molecule has 0 aromatic heterocycles. The van der Waals surface area contributed by atoms with Crippen LogP contribution in [0.2, 0.25) is 5.02 Å². The number of rotatable bonds is 11. The van der Waals surface area contributed by atoms with E-state index >= 15 is 0 Å². The molecule has 3 aromatic carbocycles. The van der Waals surface area contributed by atoms with Gasteiger partial charge in [-0.2, -0.15) is 0 Å². The molecule has 1 atom stereocenters. The second-order valence-corrected chi connectivity index (χ2v) is 8.12. The summed E-state index contributed by atoms with van der Waals surface area (Å²) >= 11 is 5.95. The molecule has 0 amide bonds. The molecule has 0 saturated heterocycles. The van der Waals surface area contributed by atoms with Crippen LogP contribution in [0.5, 0.6) is 11.5 Å². The lowest BCUT2D eigenvalue weighted by Crippen LogP contribution is -2.27. The van der Waals surface area contributed by atoms with E-state index in [1.54, 1.807) is 31.2 Å². The fraction of sp³-hybridized carbons (Fsp3) is 0.214. The van der Waals surface area contributed by atoms with Crippen LogP contribution < -0.4 is 9.47 Å². The van der Waals surface area contributed by atoms with E-state index in [0.29, 0.717) is 35.1 Å². The van der Waals surface area contributed by atoms with E-state index in [4.69, 9.17) is 25.8 Å². The van der Waals surface area contributed by atoms with Crippen LogP contribution in [0.4, 0.5) is 0 Å². The number of benzene rings is 3. The van der Waals surface area contributed by atoms with Gasteiger partial charge in [0.25, 0.3) is 0 Å². The SMILES string of the molecule is CCOC(=O)C=Cc1ccc(OC(CCc2ccc(-c3ccc(Cl)cc3)cc2)C(=O)O)c(OC)c1. The van der Waals surface area contributed by atoms with Crippen LogP contribution in [0.25, 0.3) is 17.2 Å². The molecule has 0 radical (unpaired) electrons. The van der Waals surface area contributed by atoms with Crippen molar-refractivity contribution in [3.63, 3.8) is 0 Å². The Balaban J connectivity index is 1.65. The highest BCUT2D eigenvalue weighted by molar-refractivity contribution is 6.30. The molecule has 0 aliphatic heterocycles. The van der Waals surface area contributed by atoms with E-state index in [0.717, 1.165) is 16.7 Å². The topological polar surface area (TPSA) is 82.1 Å². The fourth-order valence-corrected chi connectivity index (χ4v) is 3.56. The highest BCUT2D eigenvalue weighted by Crippen LogP contribution is 2.30. The van der Waals surface area contributed by atoms with Gasteiger partial charge >= 0.3 is 11.9 Å². The summed E-state index contributed by atoms with van der Waals surface area (Å²) < 4.78 is 16.0. The maximum absolute atomic E-state index is 11.9. The number of methoxy groups -OCH3 is 1. The number of hydrogen-bond acceptors (Lipinski definition) is 5. The molecule has 35 heavy (non-hydrogen) atoms. The van der Waals surface area contributed by atoms with E-state index in [2.05, 4.69) is 0 Å². The quantitative estimate of drug-likeness (QED) is 0.258. The molecule has 7 heteroatoms. The van der Waals surface area contributed by atoms with Crippen LogP contribution in [0.3, 0.4) is 0 Å². The largest absolute Gasteiger partial charge is 0.493 e. The zero-order chi connectivity index (χ0) is 25.2. The van der Waals surface area contributed by atoms with Gasteiger partial charge in [-0.3, -0.25) is 0 Å². The lowest BCUT2D eigenvalue weighted by molar-refractivity contribution is -0.145. The smallest absolute Gasteiger partial charge is 0.344 e. The Morgan fingerprint density at radius 2 is 1.63 bits per heavy atom. The van der Waals surface area contributed by atoms with Crippen molar-refractivity contribution in [1.82, 2.24) is 0 Å². The number of hydrogen-bond donors (Lipinski definition) is 1. The van der Waals surface area contributed by atoms with Crippen LogP contribution in [0.15, 0.2) is 72.8 Å². The zero-order valence-electron chi connectivity index (χ0n) is 19.6. The first-order chi connectivity index (χ1) is 16.9. The third kappa shape index (κ3) is 7.62. The predicted molar refractivity (Wildman–Crippen MR) is 136 cm³/mol. The van der Waals surface area contributed by atoms with Crippen molar-refractivity contribution < 1.29 is 28.9 Å². The Hall–Kier alpha value is -3.77. The molecule has 1 N–H and O–H groups in total. The van der Waals surface area contributed by atoms with Gasteiger partial charge < -0.3 is 19.3 Å². The Morgan fingerprint density at radius 3 is 2.23 bits per heavy atom. The van der Waals surface area contributed by atoms with Crippen LogP contribution >= 0.6 is 11.6 Å². The number of carboxylic acid groups (broad SMARTS) is 1. The average Bonchev–Trinajstić information content (AvgIpc) is 2.86. The van der Waals surface area contributed by atoms with Gasteiger partial charge in [-0.15, -0.1) is 0 Å². The summed E-state index contributed by atoms with van der Waals surface area (Å²) in [7, 11) is 1.47. The van der Waals surface area contributed by atoms with Gasteiger partial charge in [-0.1, -0.05) is 54.1 Å². The van der Waals surface area contributed by atoms with E-state index in [1.807, 2.05) is 48.5 Å². The summed E-state index contributed by atoms with van der Waals surface area (Å²) in [5, 5.41) is 10.4. The third-order valence-electron chi connectivity index (χ3n) is 5.26. The Morgan fingerprint density at radius 1 is 0.971 bits per heavy atom. The first-order valence-corrected chi connectivity index (χ1v) is 11.5. The van der Waals surface area contributed by atoms with Gasteiger partial charge in [-0.25, -0.2) is 9.59 Å². The van der Waals surface area contributed by atoms with E-state index < -0.39 is 18.0 Å². The van der Waals surface area contributed by atoms with Crippen molar-refractivity contribution in [2.24, 2.45) is 0 Å². The van der Waals surface area contributed by atoms with Gasteiger partial charge in [0, 0.05) is 11.1 Å². The average molecular weight is 495 g/mol. The molecule has 3 rings (SSSR count). The highest BCUT2D eigenvalue weighted by Gasteiger charge is 2.21. The third-order valence-corrected chi connectivity index (χ3v) is 5.51. The minimum absolute atomic E-state index is 0.281. The molecule has 6 nitrogen and oxygen atoms in total. The number of aryl methyl sites for hydroxylation is 1. The van der Waals surface area contributed by atoms with Gasteiger partial charge in [-0.05, 0) is 72.4 Å². The molecule has 0 bridgehead atoms.